The molecule has 1 aliphatic rings. The molecule has 0 amide bonds. The van der Waals surface area contributed by atoms with Crippen LogP contribution in [0.1, 0.15) is 6.42 Å². The summed E-state index contributed by atoms with van der Waals surface area (Å²) in [5.74, 6) is 0.855. The maximum Gasteiger partial charge on any atom is 0.304 e. The van der Waals surface area contributed by atoms with E-state index in [0.29, 0.717) is 0 Å². The molecule has 122 valence electrons. The molecule has 1 fully saturated rings. The van der Waals surface area contributed by atoms with Crippen molar-refractivity contribution in [3.05, 3.63) is 16.7 Å². The van der Waals surface area contributed by atoms with Gasteiger partial charge in [0.1, 0.15) is 6.10 Å². The van der Waals surface area contributed by atoms with Crippen molar-refractivity contribution in [2.45, 2.75) is 31.0 Å². The Balaban J connectivity index is 2.23. The van der Waals surface area contributed by atoms with E-state index in [1.165, 1.54) is 15.5 Å². The first kappa shape index (κ1) is 15.4. The third-order valence-electron chi connectivity index (χ3n) is 3.80. The molecule has 1 aliphatic heterocycles. The van der Waals surface area contributed by atoms with Crippen LogP contribution in [0.5, 0.6) is 0 Å². The predicted molar refractivity (Wildman–Crippen MR) is 78.5 cm³/mol. The van der Waals surface area contributed by atoms with Crippen molar-refractivity contribution < 1.29 is 19.5 Å². The third kappa shape index (κ3) is 2.36. The zero-order valence-electron chi connectivity index (χ0n) is 12.1. The fourth-order valence-electron chi connectivity index (χ4n) is 2.78. The van der Waals surface area contributed by atoms with Crippen LogP contribution in [0.2, 0.25) is 0 Å². The monoisotopic (exact) mass is 321 g/mol. The van der Waals surface area contributed by atoms with Gasteiger partial charge in [0.15, 0.2) is 6.54 Å². The van der Waals surface area contributed by atoms with Crippen molar-refractivity contribution in [2.75, 3.05) is 12.3 Å². The number of ether oxygens (including phenoxy) is 1. The Morgan fingerprint density at radius 3 is 3.04 bits per heavy atom. The summed E-state index contributed by atoms with van der Waals surface area (Å²) in [5.41, 5.74) is 11.7. The van der Waals surface area contributed by atoms with Gasteiger partial charge in [0, 0.05) is 0 Å². The second-order valence-electron chi connectivity index (χ2n) is 5.40. The van der Waals surface area contributed by atoms with Gasteiger partial charge < -0.3 is 20.7 Å². The van der Waals surface area contributed by atoms with E-state index in [-0.39, 0.29) is 36.7 Å². The summed E-state index contributed by atoms with van der Waals surface area (Å²) in [7, 11) is 0. The van der Waals surface area contributed by atoms with Gasteiger partial charge in [0.2, 0.25) is 5.95 Å². The molecular weight excluding hydrogens is 304 g/mol. The summed E-state index contributed by atoms with van der Waals surface area (Å²) < 4.78 is 8.43. The van der Waals surface area contributed by atoms with E-state index < -0.39 is 23.6 Å². The van der Waals surface area contributed by atoms with Gasteiger partial charge in [-0.2, -0.15) is 9.55 Å². The molecule has 10 nitrogen and oxygen atoms in total. The normalized spacial score (nSPS) is 27.4. The number of fused-ring (bicyclic) bond motifs is 1. The Kier molecular flexibility index (Phi) is 3.57. The van der Waals surface area contributed by atoms with Crippen LogP contribution in [0.25, 0.3) is 11.2 Å². The van der Waals surface area contributed by atoms with Gasteiger partial charge in [-0.1, -0.05) is 5.92 Å². The molecule has 3 heterocycles. The summed E-state index contributed by atoms with van der Waals surface area (Å²) in [6.45, 7) is -0.278. The van der Waals surface area contributed by atoms with Crippen molar-refractivity contribution in [3.63, 3.8) is 0 Å². The average Bonchev–Trinajstić information content (AvgIpc) is 2.98. The topological polar surface area (TPSA) is 156 Å². The van der Waals surface area contributed by atoms with Gasteiger partial charge in [-0.3, -0.25) is 15.5 Å². The van der Waals surface area contributed by atoms with Gasteiger partial charge in [0.25, 0.3) is 23.3 Å². The van der Waals surface area contributed by atoms with Crippen molar-refractivity contribution in [1.29, 1.82) is 0 Å². The van der Waals surface area contributed by atoms with E-state index in [2.05, 4.69) is 15.9 Å². The molecule has 0 aliphatic carbocycles. The van der Waals surface area contributed by atoms with Gasteiger partial charge in [0.05, 0.1) is 19.1 Å². The second kappa shape index (κ2) is 5.32. The summed E-state index contributed by atoms with van der Waals surface area (Å²) in [5, 5.41) is 19.2. The van der Waals surface area contributed by atoms with Crippen molar-refractivity contribution in [2.24, 2.45) is 5.73 Å². The highest BCUT2D eigenvalue weighted by Crippen LogP contribution is 2.31. The number of imidazole rings is 1. The Bertz CT molecular complexity index is 852. The maximum absolute atomic E-state index is 12.2. The fraction of sp³-hybridized carbons (Fsp3) is 0.462. The van der Waals surface area contributed by atoms with Crippen LogP contribution in [0.3, 0.4) is 0 Å². The molecule has 10 heteroatoms. The van der Waals surface area contributed by atoms with E-state index in [9.17, 15) is 15.0 Å². The number of nitrogens with zero attached hydrogens (tertiary/aromatic N) is 3. The van der Waals surface area contributed by atoms with Crippen molar-refractivity contribution in [3.8, 4) is 12.3 Å². The van der Waals surface area contributed by atoms with E-state index in [1.54, 1.807) is 0 Å². The molecule has 0 unspecified atom stereocenters. The lowest BCUT2D eigenvalue weighted by Gasteiger charge is -2.20. The molecule has 0 saturated carbocycles. The number of nitrogen functional groups attached to an aromatic ring is 1. The standard InChI is InChI=1S/C13H16N6O4/c1-2-3-18-6-19(10-9(18)11(22)17-12(14)16-10)13(15)4-7(21)8(5-20)23-13/h1,6-8,20-21H,3-5,15H2,(H2-,14,16,17,22)/p+1/t7-,8+,13-/m0/s1. The molecule has 3 atom stereocenters. The Morgan fingerprint density at radius 1 is 1.70 bits per heavy atom. The predicted octanol–water partition coefficient (Wildman–Crippen LogP) is -3.06. The lowest BCUT2D eigenvalue weighted by Crippen LogP contribution is -2.44. The lowest BCUT2D eigenvalue weighted by atomic mass is 10.1. The van der Waals surface area contributed by atoms with Gasteiger partial charge in [-0.25, -0.2) is 4.57 Å². The molecule has 0 spiro atoms. The van der Waals surface area contributed by atoms with E-state index in [1.807, 2.05) is 0 Å². The maximum atomic E-state index is 12.2. The number of nitrogens with one attached hydrogen (secondary N) is 1. The van der Waals surface area contributed by atoms with Crippen LogP contribution in [-0.2, 0) is 17.1 Å². The molecule has 0 bridgehead atoms. The van der Waals surface area contributed by atoms with Gasteiger partial charge in [-0.05, 0) is 0 Å². The first-order valence-electron chi connectivity index (χ1n) is 6.89. The molecular formula is C13H17N6O4+. The molecule has 0 aromatic carbocycles. The number of rotatable bonds is 3. The molecule has 2 aromatic heterocycles. The zero-order valence-corrected chi connectivity index (χ0v) is 12.1. The zero-order chi connectivity index (χ0) is 16.8. The first-order chi connectivity index (χ1) is 10.9. The molecule has 0 radical (unpaired) electrons. The number of aromatic amines is 1. The van der Waals surface area contributed by atoms with Gasteiger partial charge >= 0.3 is 5.56 Å². The number of aromatic nitrogens is 4. The third-order valence-corrected chi connectivity index (χ3v) is 3.80. The highest BCUT2D eigenvalue weighted by molar-refractivity contribution is 5.67. The first-order valence-corrected chi connectivity index (χ1v) is 6.89. The Morgan fingerprint density at radius 2 is 2.43 bits per heavy atom. The smallest absolute Gasteiger partial charge is 0.304 e. The fourth-order valence-corrected chi connectivity index (χ4v) is 2.78. The molecule has 7 N–H and O–H groups in total. The summed E-state index contributed by atoms with van der Waals surface area (Å²) >= 11 is 0. The van der Waals surface area contributed by atoms with Crippen LogP contribution in [0.15, 0.2) is 11.1 Å². The molecule has 1 saturated heterocycles. The number of hydrogen-bond donors (Lipinski definition) is 5. The summed E-state index contributed by atoms with van der Waals surface area (Å²) in [4.78, 5) is 18.7. The number of aliphatic hydroxyl groups is 2. The van der Waals surface area contributed by atoms with Crippen molar-refractivity contribution >= 4 is 17.1 Å². The lowest BCUT2D eigenvalue weighted by molar-refractivity contribution is -0.660. The summed E-state index contributed by atoms with van der Waals surface area (Å²) in [6.07, 6.45) is 5.02. The second-order valence-corrected chi connectivity index (χ2v) is 5.40. The average molecular weight is 321 g/mol. The quantitative estimate of drug-likeness (QED) is 0.297. The highest BCUT2D eigenvalue weighted by atomic mass is 16.6. The number of nitrogens with two attached hydrogens (primary N) is 2. The summed E-state index contributed by atoms with van der Waals surface area (Å²) in [6, 6.07) is 0. The minimum Gasteiger partial charge on any atom is -0.394 e. The molecule has 2 aromatic rings. The largest absolute Gasteiger partial charge is 0.394 e. The van der Waals surface area contributed by atoms with Gasteiger partial charge in [-0.15, -0.1) is 6.42 Å². The van der Waals surface area contributed by atoms with Crippen LogP contribution < -0.4 is 21.6 Å². The highest BCUT2D eigenvalue weighted by Gasteiger charge is 2.50. The van der Waals surface area contributed by atoms with Crippen LogP contribution in [-0.4, -0.2) is 43.6 Å². The minimum absolute atomic E-state index is 0.00639. The molecule has 3 rings (SSSR count). The number of anilines is 1. The number of hydrogen-bond acceptors (Lipinski definition) is 7. The van der Waals surface area contributed by atoms with E-state index in [0.717, 1.165) is 0 Å². The number of H-pyrrole nitrogens is 1. The van der Waals surface area contributed by atoms with Crippen LogP contribution >= 0.6 is 0 Å². The van der Waals surface area contributed by atoms with E-state index >= 15 is 0 Å². The van der Waals surface area contributed by atoms with Crippen LogP contribution in [0, 0.1) is 12.3 Å². The minimum atomic E-state index is -1.49. The van der Waals surface area contributed by atoms with Crippen molar-refractivity contribution in [1.82, 2.24) is 14.5 Å². The molecule has 23 heavy (non-hydrogen) atoms. The number of terminal acetylenes is 1. The Labute approximate surface area is 130 Å². The van der Waals surface area contributed by atoms with E-state index in [4.69, 9.17) is 22.6 Å². The SMILES string of the molecule is C#CC[n+]1cn([C@@]2(N)C[C@H](O)[C@@H](CO)O2)c2nc(N)[nH]c(=O)c21. The van der Waals surface area contributed by atoms with Crippen LogP contribution in [0.4, 0.5) is 5.95 Å². The Hall–Kier alpha value is -2.45. The number of aliphatic hydroxyl groups excluding tert-OH is 2.